The predicted octanol–water partition coefficient (Wildman–Crippen LogP) is 5.79. The molecule has 8 heteroatoms. The first-order chi connectivity index (χ1) is 19.9. The van der Waals surface area contributed by atoms with Crippen molar-refractivity contribution in [2.45, 2.75) is 99.5 Å². The van der Waals surface area contributed by atoms with Crippen LogP contribution in [0.2, 0.25) is 0 Å². The molecule has 0 aromatic rings. The van der Waals surface area contributed by atoms with Gasteiger partial charge in [0.2, 0.25) is 5.91 Å². The number of amides is 1. The molecule has 5 aliphatic rings. The summed E-state index contributed by atoms with van der Waals surface area (Å²) in [7, 11) is 1.31. The second-order valence-corrected chi connectivity index (χ2v) is 16.5. The Kier molecular flexibility index (Phi) is 7.48. The quantitative estimate of drug-likeness (QED) is 0.308. The molecule has 3 saturated carbocycles. The van der Waals surface area contributed by atoms with E-state index in [9.17, 15) is 24.4 Å². The minimum atomic E-state index is -0.848. The molecular weight excluding hydrogens is 560 g/mol. The maximum absolute atomic E-state index is 14.6. The van der Waals surface area contributed by atoms with E-state index in [2.05, 4.69) is 58.6 Å². The number of hydrogen-bond acceptors (Lipinski definition) is 7. The second-order valence-electron chi connectivity index (χ2n) is 16.1. The average molecular weight is 609 g/mol. The van der Waals surface area contributed by atoms with Crippen LogP contribution >= 0.6 is 12.6 Å². The molecule has 0 radical (unpaired) electrons. The number of carbonyl (C=O) groups is 4. The van der Waals surface area contributed by atoms with Crippen LogP contribution in [-0.2, 0) is 23.9 Å². The number of allylic oxidation sites excluding steroid dienone is 4. The minimum absolute atomic E-state index is 0.0181. The normalized spacial score (nSPS) is 41.5. The van der Waals surface area contributed by atoms with Gasteiger partial charge in [-0.15, -0.1) is 0 Å². The van der Waals surface area contributed by atoms with Gasteiger partial charge in [-0.1, -0.05) is 60.1 Å². The van der Waals surface area contributed by atoms with E-state index in [1.165, 1.54) is 7.11 Å². The first kappa shape index (κ1) is 32.0. The van der Waals surface area contributed by atoms with Crippen molar-refractivity contribution in [1.82, 2.24) is 5.32 Å². The van der Waals surface area contributed by atoms with Crippen molar-refractivity contribution in [2.75, 3.05) is 12.9 Å². The highest BCUT2D eigenvalue weighted by molar-refractivity contribution is 7.80. The Labute approximate surface area is 262 Å². The van der Waals surface area contributed by atoms with Gasteiger partial charge in [0.15, 0.2) is 11.6 Å². The monoisotopic (exact) mass is 608 g/mol. The molecule has 0 aliphatic heterocycles. The molecule has 0 bridgehead atoms. The van der Waals surface area contributed by atoms with Crippen LogP contribution in [0.4, 0.5) is 0 Å². The summed E-state index contributed by atoms with van der Waals surface area (Å²) in [6, 6.07) is 1.32. The molecule has 8 atom stereocenters. The molecule has 43 heavy (non-hydrogen) atoms. The molecule has 5 rings (SSSR count). The molecule has 0 spiro atoms. The van der Waals surface area contributed by atoms with Crippen LogP contribution in [0.15, 0.2) is 23.3 Å². The highest BCUT2D eigenvalue weighted by Crippen LogP contribution is 2.74. The van der Waals surface area contributed by atoms with Gasteiger partial charge in [-0.05, 0) is 79.1 Å². The summed E-state index contributed by atoms with van der Waals surface area (Å²) in [6.45, 7) is 15.0. The van der Waals surface area contributed by atoms with Gasteiger partial charge >= 0.3 is 5.97 Å². The predicted molar refractivity (Wildman–Crippen MR) is 167 cm³/mol. The highest BCUT2D eigenvalue weighted by Gasteiger charge is 2.70. The fourth-order valence-corrected chi connectivity index (χ4v) is 10.9. The summed E-state index contributed by atoms with van der Waals surface area (Å²) in [5.41, 5.74) is -1.65. The van der Waals surface area contributed by atoms with E-state index in [0.717, 1.165) is 31.3 Å². The largest absolute Gasteiger partial charge is 0.467 e. The number of nitriles is 1. The fraction of sp³-hybridized carbons (Fsp3) is 0.743. The third kappa shape index (κ3) is 4.26. The van der Waals surface area contributed by atoms with Crippen LogP contribution in [-0.4, -0.2) is 42.3 Å². The molecule has 7 nitrogen and oxygen atoms in total. The van der Waals surface area contributed by atoms with Crippen LogP contribution < -0.4 is 5.32 Å². The van der Waals surface area contributed by atoms with Crippen molar-refractivity contribution in [1.29, 1.82) is 5.26 Å². The highest BCUT2D eigenvalue weighted by atomic mass is 32.1. The summed E-state index contributed by atoms with van der Waals surface area (Å²) in [6.07, 6.45) is 8.97. The molecule has 3 fully saturated rings. The standard InChI is InChI=1S/C35H48N2O5S/c1-30(2)11-13-35(29(41)37-22(19-43)28(40)42-8)14-12-34(7)26(21(35)17-30)23(38)15-25-32(5)16-20(18-36)27(39)31(3,4)24(32)9-10-33(25,34)6/h15-16,21-22,24,26,43H,9-14,17,19H2,1-8H3,(H,37,41). The van der Waals surface area contributed by atoms with Crippen molar-refractivity contribution in [3.8, 4) is 6.07 Å². The Hall–Kier alpha value is -2.40. The lowest BCUT2D eigenvalue weighted by molar-refractivity contribution is -0.179. The number of ketones is 2. The lowest BCUT2D eigenvalue weighted by atomic mass is 9.34. The Morgan fingerprint density at radius 2 is 1.72 bits per heavy atom. The van der Waals surface area contributed by atoms with Crippen LogP contribution in [0.5, 0.6) is 0 Å². The van der Waals surface area contributed by atoms with Gasteiger partial charge in [0, 0.05) is 22.5 Å². The Bertz CT molecular complexity index is 1390. The average Bonchev–Trinajstić information content (AvgIpc) is 2.94. The number of thiol groups is 1. The second kappa shape index (κ2) is 10.1. The number of hydrogen-bond donors (Lipinski definition) is 2. The Morgan fingerprint density at radius 3 is 2.33 bits per heavy atom. The van der Waals surface area contributed by atoms with E-state index in [4.69, 9.17) is 4.74 Å². The van der Waals surface area contributed by atoms with Gasteiger partial charge in [0.1, 0.15) is 12.1 Å². The molecule has 8 unspecified atom stereocenters. The summed E-state index contributed by atoms with van der Waals surface area (Å²) >= 11 is 4.31. The van der Waals surface area contributed by atoms with Crippen molar-refractivity contribution in [3.63, 3.8) is 0 Å². The van der Waals surface area contributed by atoms with Crippen molar-refractivity contribution >= 4 is 36.1 Å². The molecule has 0 aromatic carbocycles. The third-order valence-electron chi connectivity index (χ3n) is 13.3. The van der Waals surface area contributed by atoms with Crippen molar-refractivity contribution in [3.05, 3.63) is 23.3 Å². The number of carbonyl (C=O) groups excluding carboxylic acids is 4. The molecule has 1 N–H and O–H groups in total. The topological polar surface area (TPSA) is 113 Å². The van der Waals surface area contributed by atoms with Crippen LogP contribution in [0.1, 0.15) is 93.4 Å². The lowest BCUT2D eigenvalue weighted by Gasteiger charge is -2.69. The zero-order valence-corrected chi connectivity index (χ0v) is 28.0. The smallest absolute Gasteiger partial charge is 0.329 e. The SMILES string of the molecule is COC(=O)C(CS)NC(=O)C12CCC(C)(C)CC1C1C(=O)C=C3C4(C)C=C(C#N)C(=O)C(C)(C)C4CCC3(C)C1(C)CC2. The molecule has 1 amide bonds. The number of rotatable bonds is 4. The maximum Gasteiger partial charge on any atom is 0.329 e. The van der Waals surface area contributed by atoms with E-state index in [1.807, 2.05) is 26.0 Å². The van der Waals surface area contributed by atoms with Gasteiger partial charge in [-0.2, -0.15) is 17.9 Å². The summed E-state index contributed by atoms with van der Waals surface area (Å²) in [5, 5.41) is 12.9. The first-order valence-corrected chi connectivity index (χ1v) is 16.5. The van der Waals surface area contributed by atoms with Crippen LogP contribution in [0.3, 0.4) is 0 Å². The Morgan fingerprint density at radius 1 is 1.07 bits per heavy atom. The van der Waals surface area contributed by atoms with E-state index in [1.54, 1.807) is 0 Å². The zero-order chi connectivity index (χ0) is 32.0. The van der Waals surface area contributed by atoms with Crippen LogP contribution in [0, 0.1) is 61.6 Å². The van der Waals surface area contributed by atoms with Crippen LogP contribution in [0.25, 0.3) is 0 Å². The first-order valence-electron chi connectivity index (χ1n) is 15.8. The molecule has 5 aliphatic carbocycles. The lowest BCUT2D eigenvalue weighted by Crippen LogP contribution is -2.67. The molecule has 234 valence electrons. The number of esters is 1. The molecular formula is C35H48N2O5S. The summed E-state index contributed by atoms with van der Waals surface area (Å²) in [5.74, 6) is -1.18. The van der Waals surface area contributed by atoms with Crippen molar-refractivity contribution < 1.29 is 23.9 Å². The number of fused-ring (bicyclic) bond motifs is 7. The number of nitrogens with zero attached hydrogens (tertiary/aromatic N) is 1. The summed E-state index contributed by atoms with van der Waals surface area (Å²) < 4.78 is 4.93. The van der Waals surface area contributed by atoms with E-state index < -0.39 is 33.7 Å². The molecule has 0 saturated heterocycles. The molecule has 0 aromatic heterocycles. The van der Waals surface area contributed by atoms with Gasteiger partial charge in [-0.25, -0.2) is 4.79 Å². The minimum Gasteiger partial charge on any atom is -0.467 e. The van der Waals surface area contributed by atoms with Gasteiger partial charge in [0.05, 0.1) is 18.1 Å². The number of Topliss-reactive ketones (excluding diaryl/α,β-unsaturated/α-hetero) is 1. The van der Waals surface area contributed by atoms with E-state index in [0.29, 0.717) is 19.3 Å². The van der Waals surface area contributed by atoms with E-state index >= 15 is 0 Å². The zero-order valence-electron chi connectivity index (χ0n) is 27.1. The fourth-order valence-electron chi connectivity index (χ4n) is 10.7. The number of methoxy groups -OCH3 is 1. The van der Waals surface area contributed by atoms with E-state index in [-0.39, 0.29) is 57.4 Å². The van der Waals surface area contributed by atoms with Crippen molar-refractivity contribution in [2.24, 2.45) is 50.2 Å². The third-order valence-corrected chi connectivity index (χ3v) is 13.7. The van der Waals surface area contributed by atoms with Gasteiger partial charge in [0.25, 0.3) is 0 Å². The Balaban J connectivity index is 1.64. The number of ether oxygens (including phenoxy) is 1. The van der Waals surface area contributed by atoms with Gasteiger partial charge in [-0.3, -0.25) is 14.4 Å². The number of nitrogens with one attached hydrogen (secondary N) is 1. The molecule has 0 heterocycles. The maximum atomic E-state index is 14.6. The summed E-state index contributed by atoms with van der Waals surface area (Å²) in [4.78, 5) is 54.6. The van der Waals surface area contributed by atoms with Gasteiger partial charge < -0.3 is 10.1 Å².